The van der Waals surface area contributed by atoms with Crippen molar-refractivity contribution < 1.29 is 0 Å². The molecule has 2 nitrogen and oxygen atoms in total. The molecule has 0 aromatic heterocycles. The number of benzene rings is 2. The summed E-state index contributed by atoms with van der Waals surface area (Å²) >= 11 is 0. The highest BCUT2D eigenvalue weighted by Gasteiger charge is 2.10. The summed E-state index contributed by atoms with van der Waals surface area (Å²) in [5.74, 6) is 0. The second-order valence-corrected chi connectivity index (χ2v) is 6.18. The standard InChI is InChI=1S/C23H28N2/c1-7-10-22-21(11-9-12-23(22)24-6)17(5)25-19-13-14-20(16(3)4)18(8-2)15-19/h7,9,11-15,24-25H,1,3,5,8,10H2,2,4,6H3. The van der Waals surface area contributed by atoms with Gasteiger partial charge in [-0.15, -0.1) is 6.58 Å². The second-order valence-electron chi connectivity index (χ2n) is 6.18. The molecular weight excluding hydrogens is 304 g/mol. The van der Waals surface area contributed by atoms with Gasteiger partial charge in [-0.3, -0.25) is 0 Å². The Morgan fingerprint density at radius 3 is 2.48 bits per heavy atom. The highest BCUT2D eigenvalue weighted by molar-refractivity contribution is 5.81. The van der Waals surface area contributed by atoms with E-state index in [1.807, 2.05) is 26.1 Å². The topological polar surface area (TPSA) is 24.1 Å². The molecule has 130 valence electrons. The van der Waals surface area contributed by atoms with Gasteiger partial charge in [0.05, 0.1) is 0 Å². The summed E-state index contributed by atoms with van der Waals surface area (Å²) in [4.78, 5) is 0. The summed E-state index contributed by atoms with van der Waals surface area (Å²) in [5.41, 5.74) is 8.96. The van der Waals surface area contributed by atoms with Crippen LogP contribution in [0, 0.1) is 0 Å². The number of nitrogens with one attached hydrogen (secondary N) is 2. The van der Waals surface area contributed by atoms with Crippen LogP contribution in [0.3, 0.4) is 0 Å². The van der Waals surface area contributed by atoms with Gasteiger partial charge < -0.3 is 10.6 Å². The predicted molar refractivity (Wildman–Crippen MR) is 113 cm³/mol. The molecule has 0 amide bonds. The van der Waals surface area contributed by atoms with E-state index < -0.39 is 0 Å². The van der Waals surface area contributed by atoms with Gasteiger partial charge in [-0.2, -0.15) is 0 Å². The Bertz CT molecular complexity index is 800. The lowest BCUT2D eigenvalue weighted by molar-refractivity contribution is 1.13. The van der Waals surface area contributed by atoms with Gasteiger partial charge in [0.15, 0.2) is 0 Å². The molecule has 0 aliphatic heterocycles. The van der Waals surface area contributed by atoms with Gasteiger partial charge in [-0.05, 0) is 54.7 Å². The first-order valence-corrected chi connectivity index (χ1v) is 8.67. The SMILES string of the molecule is C=CCc1c(NC)cccc1C(=C)Nc1ccc(C(=C)C)c(CC)c1. The summed E-state index contributed by atoms with van der Waals surface area (Å²) in [6, 6.07) is 12.6. The molecule has 0 bridgehead atoms. The monoisotopic (exact) mass is 332 g/mol. The zero-order valence-electron chi connectivity index (χ0n) is 15.6. The van der Waals surface area contributed by atoms with Gasteiger partial charge in [0.2, 0.25) is 0 Å². The third-order valence-electron chi connectivity index (χ3n) is 4.36. The Morgan fingerprint density at radius 2 is 1.88 bits per heavy atom. The van der Waals surface area contributed by atoms with E-state index in [9.17, 15) is 0 Å². The first-order valence-electron chi connectivity index (χ1n) is 8.67. The molecule has 2 N–H and O–H groups in total. The van der Waals surface area contributed by atoms with Gasteiger partial charge in [-0.25, -0.2) is 0 Å². The van der Waals surface area contributed by atoms with E-state index in [4.69, 9.17) is 0 Å². The molecule has 0 radical (unpaired) electrons. The van der Waals surface area contributed by atoms with Gasteiger partial charge in [0.1, 0.15) is 0 Å². The van der Waals surface area contributed by atoms with Crippen LogP contribution < -0.4 is 10.6 Å². The maximum Gasteiger partial charge on any atom is 0.0388 e. The van der Waals surface area contributed by atoms with Crippen LogP contribution >= 0.6 is 0 Å². The molecule has 0 saturated carbocycles. The van der Waals surface area contributed by atoms with Crippen LogP contribution in [0.5, 0.6) is 0 Å². The second kappa shape index (κ2) is 8.39. The van der Waals surface area contributed by atoms with Crippen LogP contribution in [-0.4, -0.2) is 7.05 Å². The maximum atomic E-state index is 4.26. The van der Waals surface area contributed by atoms with Gasteiger partial charge in [-0.1, -0.05) is 49.9 Å². The third-order valence-corrected chi connectivity index (χ3v) is 4.36. The molecule has 25 heavy (non-hydrogen) atoms. The Kier molecular flexibility index (Phi) is 6.24. The minimum Gasteiger partial charge on any atom is -0.388 e. The number of hydrogen-bond acceptors (Lipinski definition) is 2. The van der Waals surface area contributed by atoms with E-state index in [0.717, 1.165) is 41.1 Å². The van der Waals surface area contributed by atoms with E-state index in [1.54, 1.807) is 0 Å². The number of hydrogen-bond donors (Lipinski definition) is 2. The highest BCUT2D eigenvalue weighted by Crippen LogP contribution is 2.28. The molecular formula is C23H28N2. The van der Waals surface area contributed by atoms with Crippen LogP contribution in [0.4, 0.5) is 11.4 Å². The van der Waals surface area contributed by atoms with Gasteiger partial charge >= 0.3 is 0 Å². The first-order chi connectivity index (χ1) is 12.0. The van der Waals surface area contributed by atoms with E-state index in [2.05, 4.69) is 67.6 Å². The van der Waals surface area contributed by atoms with Crippen molar-refractivity contribution in [1.82, 2.24) is 0 Å². The zero-order chi connectivity index (χ0) is 18.4. The number of rotatable bonds is 8. The van der Waals surface area contributed by atoms with Crippen molar-refractivity contribution in [3.05, 3.63) is 84.5 Å². The average molecular weight is 332 g/mol. The minimum absolute atomic E-state index is 0.794. The fourth-order valence-corrected chi connectivity index (χ4v) is 3.09. The lowest BCUT2D eigenvalue weighted by Crippen LogP contribution is -2.04. The van der Waals surface area contributed by atoms with Crippen LogP contribution in [0.2, 0.25) is 0 Å². The quantitative estimate of drug-likeness (QED) is 0.568. The molecule has 0 saturated heterocycles. The Hall–Kier alpha value is -2.74. The normalized spacial score (nSPS) is 10.2. The van der Waals surface area contributed by atoms with Crippen molar-refractivity contribution in [2.75, 3.05) is 17.7 Å². The van der Waals surface area contributed by atoms with E-state index >= 15 is 0 Å². The Labute approximate surface area is 152 Å². The van der Waals surface area contributed by atoms with E-state index in [0.29, 0.717) is 0 Å². The summed E-state index contributed by atoms with van der Waals surface area (Å²) in [6.45, 7) is 16.4. The third kappa shape index (κ3) is 4.21. The minimum atomic E-state index is 0.794. The molecule has 2 aromatic carbocycles. The van der Waals surface area contributed by atoms with Crippen molar-refractivity contribution >= 4 is 22.6 Å². The maximum absolute atomic E-state index is 4.26. The van der Waals surface area contributed by atoms with Crippen LogP contribution in [0.15, 0.2) is 62.2 Å². The molecule has 0 aliphatic rings. The van der Waals surface area contributed by atoms with Crippen LogP contribution in [0.1, 0.15) is 36.1 Å². The summed E-state index contributed by atoms with van der Waals surface area (Å²) < 4.78 is 0. The molecule has 0 spiro atoms. The summed E-state index contributed by atoms with van der Waals surface area (Å²) in [7, 11) is 1.94. The number of allylic oxidation sites excluding steroid dienone is 2. The first kappa shape index (κ1) is 18.6. The molecule has 0 atom stereocenters. The summed E-state index contributed by atoms with van der Waals surface area (Å²) in [6.07, 6.45) is 3.69. The Morgan fingerprint density at radius 1 is 1.12 bits per heavy atom. The fraction of sp³-hybridized carbons (Fsp3) is 0.217. The van der Waals surface area contributed by atoms with Gasteiger partial charge in [0, 0.05) is 29.7 Å². The van der Waals surface area contributed by atoms with Gasteiger partial charge in [0.25, 0.3) is 0 Å². The molecule has 2 aromatic rings. The molecule has 0 fully saturated rings. The lowest BCUT2D eigenvalue weighted by Gasteiger charge is -2.18. The van der Waals surface area contributed by atoms with Crippen molar-refractivity contribution in [1.29, 1.82) is 0 Å². The van der Waals surface area contributed by atoms with Crippen LogP contribution in [0.25, 0.3) is 11.3 Å². The van der Waals surface area contributed by atoms with Crippen molar-refractivity contribution in [3.8, 4) is 0 Å². The van der Waals surface area contributed by atoms with Crippen molar-refractivity contribution in [2.24, 2.45) is 0 Å². The number of aryl methyl sites for hydroxylation is 1. The molecule has 2 rings (SSSR count). The molecule has 0 heterocycles. The fourth-order valence-electron chi connectivity index (χ4n) is 3.09. The zero-order valence-corrected chi connectivity index (χ0v) is 15.6. The van der Waals surface area contributed by atoms with E-state index in [-0.39, 0.29) is 0 Å². The molecule has 0 aliphatic carbocycles. The number of anilines is 2. The predicted octanol–water partition coefficient (Wildman–Crippen LogP) is 6.14. The van der Waals surface area contributed by atoms with Crippen molar-refractivity contribution in [3.63, 3.8) is 0 Å². The average Bonchev–Trinajstić information content (AvgIpc) is 2.61. The highest BCUT2D eigenvalue weighted by atomic mass is 14.9. The molecule has 0 unspecified atom stereocenters. The van der Waals surface area contributed by atoms with Crippen molar-refractivity contribution in [2.45, 2.75) is 26.7 Å². The molecule has 2 heteroatoms. The smallest absolute Gasteiger partial charge is 0.0388 e. The van der Waals surface area contributed by atoms with E-state index in [1.165, 1.54) is 16.7 Å². The lowest BCUT2D eigenvalue weighted by atomic mass is 9.98. The Balaban J connectivity index is 2.34. The summed E-state index contributed by atoms with van der Waals surface area (Å²) in [5, 5.41) is 6.71. The largest absolute Gasteiger partial charge is 0.388 e. The van der Waals surface area contributed by atoms with Crippen LogP contribution in [-0.2, 0) is 12.8 Å².